The van der Waals surface area contributed by atoms with Crippen LogP contribution in [0.2, 0.25) is 0 Å². The zero-order chi connectivity index (χ0) is 14.4. The molecule has 3 heteroatoms. The van der Waals surface area contributed by atoms with E-state index in [-0.39, 0.29) is 0 Å². The summed E-state index contributed by atoms with van der Waals surface area (Å²) in [6.07, 6.45) is 5.05. The van der Waals surface area contributed by atoms with Crippen LogP contribution in [-0.2, 0) is 7.05 Å². The Morgan fingerprint density at radius 2 is 2.00 bits per heavy atom. The number of aryl methyl sites for hydroxylation is 1. The first-order valence-corrected chi connectivity index (χ1v) is 8.24. The predicted molar refractivity (Wildman–Crippen MR) is 87.4 cm³/mol. The van der Waals surface area contributed by atoms with Crippen molar-refractivity contribution in [2.45, 2.75) is 18.8 Å². The van der Waals surface area contributed by atoms with Gasteiger partial charge in [0.05, 0.1) is 0 Å². The number of hydrogen-bond donors (Lipinski definition) is 1. The Morgan fingerprint density at radius 1 is 1.24 bits per heavy atom. The highest BCUT2D eigenvalue weighted by atomic mass is 15.1. The third kappa shape index (κ3) is 2.11. The molecule has 0 aliphatic carbocycles. The van der Waals surface area contributed by atoms with Crippen molar-refractivity contribution in [1.82, 2.24) is 9.47 Å². The SMILES string of the molecule is Cn1cc(C(CN)C2CN3CCC2CC3)c2ccccc21. The molecule has 2 unspecified atom stereocenters. The molecule has 2 N–H and O–H groups in total. The van der Waals surface area contributed by atoms with Crippen LogP contribution in [-0.4, -0.2) is 35.6 Å². The number of benzene rings is 1. The first-order chi connectivity index (χ1) is 10.3. The molecule has 5 rings (SSSR count). The van der Waals surface area contributed by atoms with Gasteiger partial charge in [0.25, 0.3) is 0 Å². The van der Waals surface area contributed by atoms with Gasteiger partial charge in [-0.1, -0.05) is 18.2 Å². The summed E-state index contributed by atoms with van der Waals surface area (Å²) in [7, 11) is 2.15. The second-order valence-corrected chi connectivity index (χ2v) is 6.86. The van der Waals surface area contributed by atoms with E-state index in [9.17, 15) is 0 Å². The average molecular weight is 283 g/mol. The van der Waals surface area contributed by atoms with E-state index in [1.807, 2.05) is 0 Å². The molecular formula is C18H25N3. The Kier molecular flexibility index (Phi) is 3.27. The fourth-order valence-corrected chi connectivity index (χ4v) is 4.67. The van der Waals surface area contributed by atoms with Gasteiger partial charge in [0.1, 0.15) is 0 Å². The number of aromatic nitrogens is 1. The lowest BCUT2D eigenvalue weighted by molar-refractivity contribution is 0.0381. The fourth-order valence-electron chi connectivity index (χ4n) is 4.67. The lowest BCUT2D eigenvalue weighted by Gasteiger charge is -2.47. The smallest absolute Gasteiger partial charge is 0.0480 e. The van der Waals surface area contributed by atoms with Gasteiger partial charge in [0.2, 0.25) is 0 Å². The standard InChI is InChI=1S/C18H25N3/c1-20-11-17(14-4-2-3-5-18(14)20)15(10-19)16-12-21-8-6-13(16)7-9-21/h2-5,11,13,15-16H,6-10,12,19H2,1H3. The van der Waals surface area contributed by atoms with Crippen LogP contribution in [0, 0.1) is 11.8 Å². The minimum atomic E-state index is 0.504. The summed E-state index contributed by atoms with van der Waals surface area (Å²) >= 11 is 0. The van der Waals surface area contributed by atoms with Crippen LogP contribution in [0.3, 0.4) is 0 Å². The van der Waals surface area contributed by atoms with E-state index in [1.165, 1.54) is 48.9 Å². The second-order valence-electron chi connectivity index (χ2n) is 6.86. The van der Waals surface area contributed by atoms with Gasteiger partial charge in [-0.05, 0) is 55.9 Å². The molecule has 1 aromatic heterocycles. The largest absolute Gasteiger partial charge is 0.350 e. The quantitative estimate of drug-likeness (QED) is 0.939. The molecule has 3 saturated heterocycles. The maximum atomic E-state index is 6.24. The van der Waals surface area contributed by atoms with E-state index in [4.69, 9.17) is 5.73 Å². The highest BCUT2D eigenvalue weighted by Crippen LogP contribution is 2.42. The first-order valence-electron chi connectivity index (χ1n) is 8.24. The summed E-state index contributed by atoms with van der Waals surface area (Å²) in [6, 6.07) is 8.74. The molecule has 3 aliphatic rings. The highest BCUT2D eigenvalue weighted by molar-refractivity contribution is 5.84. The Hall–Kier alpha value is -1.32. The molecule has 2 aromatic rings. The number of piperidine rings is 3. The maximum absolute atomic E-state index is 6.24. The summed E-state index contributed by atoms with van der Waals surface area (Å²) in [5.74, 6) is 2.12. The van der Waals surface area contributed by atoms with Crippen LogP contribution in [0.25, 0.3) is 10.9 Å². The van der Waals surface area contributed by atoms with Crippen LogP contribution in [0.15, 0.2) is 30.5 Å². The second kappa shape index (κ2) is 5.15. The molecule has 0 amide bonds. The molecule has 112 valence electrons. The van der Waals surface area contributed by atoms with Crippen LogP contribution < -0.4 is 5.73 Å². The monoisotopic (exact) mass is 283 g/mol. The zero-order valence-electron chi connectivity index (χ0n) is 12.8. The number of fused-ring (bicyclic) bond motifs is 4. The molecular weight excluding hydrogens is 258 g/mol. The lowest BCUT2D eigenvalue weighted by atomic mass is 9.70. The molecule has 21 heavy (non-hydrogen) atoms. The van der Waals surface area contributed by atoms with Gasteiger partial charge in [-0.15, -0.1) is 0 Å². The summed E-state index contributed by atoms with van der Waals surface area (Å²) < 4.78 is 2.26. The molecule has 1 aromatic carbocycles. The third-order valence-corrected chi connectivity index (χ3v) is 5.80. The normalized spacial score (nSPS) is 29.9. The van der Waals surface area contributed by atoms with Crippen molar-refractivity contribution >= 4 is 10.9 Å². The van der Waals surface area contributed by atoms with Crippen molar-refractivity contribution in [2.75, 3.05) is 26.2 Å². The number of hydrogen-bond acceptors (Lipinski definition) is 2. The fraction of sp³-hybridized carbons (Fsp3) is 0.556. The van der Waals surface area contributed by atoms with E-state index in [0.717, 1.165) is 18.4 Å². The minimum Gasteiger partial charge on any atom is -0.350 e. The van der Waals surface area contributed by atoms with Crippen LogP contribution in [0.5, 0.6) is 0 Å². The average Bonchev–Trinajstić information content (AvgIpc) is 2.87. The number of nitrogens with zero attached hydrogens (tertiary/aromatic N) is 2. The van der Waals surface area contributed by atoms with Gasteiger partial charge in [0.15, 0.2) is 0 Å². The molecule has 0 saturated carbocycles. The summed E-state index contributed by atoms with van der Waals surface area (Å²) in [5, 5.41) is 1.40. The van der Waals surface area contributed by atoms with Gasteiger partial charge in [-0.3, -0.25) is 0 Å². The van der Waals surface area contributed by atoms with Crippen molar-refractivity contribution in [3.63, 3.8) is 0 Å². The maximum Gasteiger partial charge on any atom is 0.0480 e. The Bertz CT molecular complexity index is 637. The third-order valence-electron chi connectivity index (χ3n) is 5.80. The van der Waals surface area contributed by atoms with Crippen molar-refractivity contribution in [2.24, 2.45) is 24.6 Å². The number of rotatable bonds is 3. The molecule has 0 spiro atoms. The molecule has 2 bridgehead atoms. The lowest BCUT2D eigenvalue weighted by Crippen LogP contribution is -2.50. The van der Waals surface area contributed by atoms with Crippen molar-refractivity contribution in [3.05, 3.63) is 36.0 Å². The Balaban J connectivity index is 1.75. The Morgan fingerprint density at radius 3 is 2.67 bits per heavy atom. The summed E-state index contributed by atoms with van der Waals surface area (Å²) in [6.45, 7) is 4.61. The van der Waals surface area contributed by atoms with Gasteiger partial charge in [-0.25, -0.2) is 0 Å². The van der Waals surface area contributed by atoms with Crippen LogP contribution in [0.1, 0.15) is 24.3 Å². The van der Waals surface area contributed by atoms with Gasteiger partial charge >= 0.3 is 0 Å². The van der Waals surface area contributed by atoms with Crippen LogP contribution in [0.4, 0.5) is 0 Å². The predicted octanol–water partition coefficient (Wildman–Crippen LogP) is 2.56. The van der Waals surface area contributed by atoms with Crippen molar-refractivity contribution in [3.8, 4) is 0 Å². The number of para-hydroxylation sites is 1. The minimum absolute atomic E-state index is 0.504. The van der Waals surface area contributed by atoms with E-state index in [2.05, 4.69) is 47.0 Å². The van der Waals surface area contributed by atoms with Crippen molar-refractivity contribution < 1.29 is 0 Å². The molecule has 2 atom stereocenters. The van der Waals surface area contributed by atoms with E-state index in [1.54, 1.807) is 0 Å². The first kappa shape index (κ1) is 13.4. The molecule has 0 radical (unpaired) electrons. The zero-order valence-corrected chi connectivity index (χ0v) is 12.8. The molecule has 3 fully saturated rings. The summed E-state index contributed by atoms with van der Waals surface area (Å²) in [4.78, 5) is 2.64. The van der Waals surface area contributed by atoms with Crippen molar-refractivity contribution in [1.29, 1.82) is 0 Å². The van der Waals surface area contributed by atoms with E-state index in [0.29, 0.717) is 5.92 Å². The summed E-state index contributed by atoms with van der Waals surface area (Å²) in [5.41, 5.74) is 9.03. The van der Waals surface area contributed by atoms with Gasteiger partial charge in [0, 0.05) is 36.6 Å². The van der Waals surface area contributed by atoms with Gasteiger partial charge in [-0.2, -0.15) is 0 Å². The topological polar surface area (TPSA) is 34.2 Å². The Labute approximate surface area is 126 Å². The molecule has 3 aliphatic heterocycles. The van der Waals surface area contributed by atoms with Crippen LogP contribution >= 0.6 is 0 Å². The number of nitrogens with two attached hydrogens (primary N) is 1. The van der Waals surface area contributed by atoms with E-state index < -0.39 is 0 Å². The van der Waals surface area contributed by atoms with E-state index >= 15 is 0 Å². The molecule has 3 nitrogen and oxygen atoms in total. The van der Waals surface area contributed by atoms with Gasteiger partial charge < -0.3 is 15.2 Å². The molecule has 4 heterocycles. The highest BCUT2D eigenvalue weighted by Gasteiger charge is 2.39.